The van der Waals surface area contributed by atoms with Crippen LogP contribution in [0.4, 0.5) is 13.2 Å². The lowest BCUT2D eigenvalue weighted by Crippen LogP contribution is -2.12. The Labute approximate surface area is 165 Å². The molecular weight excluding hydrogens is 361 g/mol. The Morgan fingerprint density at radius 3 is 2.32 bits per heavy atom. The van der Waals surface area contributed by atoms with E-state index in [2.05, 4.69) is 12.2 Å². The topological polar surface area (TPSA) is 9.23 Å². The second-order valence-corrected chi connectivity index (χ2v) is 7.46. The summed E-state index contributed by atoms with van der Waals surface area (Å²) in [6.45, 7) is 4.21. The molecule has 4 heteroatoms. The number of rotatable bonds is 6. The Balaban J connectivity index is 1.80. The molecule has 0 spiro atoms. The largest absolute Gasteiger partial charge is 0.490 e. The van der Waals surface area contributed by atoms with Gasteiger partial charge in [0.1, 0.15) is 5.82 Å². The highest BCUT2D eigenvalue weighted by atomic mass is 19.2. The molecule has 0 aliphatic heterocycles. The normalized spacial score (nSPS) is 19.9. The first-order valence-corrected chi connectivity index (χ1v) is 10.1. The summed E-state index contributed by atoms with van der Waals surface area (Å²) in [5, 5.41) is 0. The van der Waals surface area contributed by atoms with E-state index < -0.39 is 17.5 Å². The Hall–Kier alpha value is -2.23. The van der Waals surface area contributed by atoms with Crippen LogP contribution < -0.4 is 4.74 Å². The van der Waals surface area contributed by atoms with Crippen LogP contribution >= 0.6 is 0 Å². The van der Waals surface area contributed by atoms with E-state index in [1.54, 1.807) is 6.07 Å². The van der Waals surface area contributed by atoms with E-state index >= 15 is 0 Å². The van der Waals surface area contributed by atoms with Gasteiger partial charge in [0.15, 0.2) is 11.6 Å². The van der Waals surface area contributed by atoms with Gasteiger partial charge in [0.2, 0.25) is 5.82 Å². The minimum absolute atomic E-state index is 0.0739. The lowest BCUT2D eigenvalue weighted by Gasteiger charge is -2.27. The number of hydrogen-bond acceptors (Lipinski definition) is 1. The summed E-state index contributed by atoms with van der Waals surface area (Å²) in [5.41, 5.74) is 0.927. The molecule has 0 saturated heterocycles. The smallest absolute Gasteiger partial charge is 0.201 e. The summed E-state index contributed by atoms with van der Waals surface area (Å²) in [7, 11) is 0. The molecule has 0 radical (unpaired) electrons. The van der Waals surface area contributed by atoms with E-state index in [0.717, 1.165) is 31.2 Å². The standard InChI is InChI=1S/C24H27F3O/c1-3-5-16-6-8-17(9-7-16)18-10-11-19(21(25)15-18)20-12-13-22(28-14-4-2)24(27)23(20)26/h3,5,10-13,15-17H,4,6-9,14H2,1-2H3/b5-3+. The highest BCUT2D eigenvalue weighted by molar-refractivity contribution is 5.66. The Kier molecular flexibility index (Phi) is 6.82. The van der Waals surface area contributed by atoms with Crippen molar-refractivity contribution >= 4 is 0 Å². The number of benzene rings is 2. The summed E-state index contributed by atoms with van der Waals surface area (Å²) < 4.78 is 48.7. The second kappa shape index (κ2) is 9.31. The molecule has 0 amide bonds. The number of hydrogen-bond donors (Lipinski definition) is 0. The zero-order valence-electron chi connectivity index (χ0n) is 16.5. The molecule has 0 heterocycles. The summed E-state index contributed by atoms with van der Waals surface area (Å²) in [6.07, 6.45) is 9.24. The molecule has 1 aliphatic carbocycles. The maximum atomic E-state index is 14.8. The van der Waals surface area contributed by atoms with Crippen molar-refractivity contribution in [2.45, 2.75) is 51.9 Å². The highest BCUT2D eigenvalue weighted by Crippen LogP contribution is 2.38. The van der Waals surface area contributed by atoms with Crippen LogP contribution in [0.3, 0.4) is 0 Å². The molecule has 0 aromatic heterocycles. The van der Waals surface area contributed by atoms with Gasteiger partial charge in [-0.3, -0.25) is 0 Å². The van der Waals surface area contributed by atoms with Crippen molar-refractivity contribution in [3.63, 3.8) is 0 Å². The third-order valence-corrected chi connectivity index (χ3v) is 5.50. The zero-order valence-corrected chi connectivity index (χ0v) is 16.5. The summed E-state index contributed by atoms with van der Waals surface area (Å²) in [6, 6.07) is 7.63. The number of allylic oxidation sites excluding steroid dienone is 2. The molecule has 0 bridgehead atoms. The van der Waals surface area contributed by atoms with Gasteiger partial charge >= 0.3 is 0 Å². The van der Waals surface area contributed by atoms with E-state index in [9.17, 15) is 13.2 Å². The molecule has 28 heavy (non-hydrogen) atoms. The van der Waals surface area contributed by atoms with E-state index in [0.29, 0.717) is 24.9 Å². The van der Waals surface area contributed by atoms with Crippen molar-refractivity contribution < 1.29 is 17.9 Å². The van der Waals surface area contributed by atoms with Gasteiger partial charge in [-0.05, 0) is 74.6 Å². The molecule has 1 aliphatic rings. The van der Waals surface area contributed by atoms with Crippen molar-refractivity contribution in [2.24, 2.45) is 5.92 Å². The summed E-state index contributed by atoms with van der Waals surface area (Å²) in [5.74, 6) is -1.89. The molecule has 0 N–H and O–H groups in total. The maximum absolute atomic E-state index is 14.8. The molecule has 0 atom stereocenters. The fourth-order valence-electron chi connectivity index (χ4n) is 3.98. The van der Waals surface area contributed by atoms with Crippen LogP contribution in [0.25, 0.3) is 11.1 Å². The third-order valence-electron chi connectivity index (χ3n) is 5.50. The average Bonchev–Trinajstić information content (AvgIpc) is 2.70. The van der Waals surface area contributed by atoms with E-state index in [1.807, 2.05) is 19.9 Å². The third kappa shape index (κ3) is 4.43. The van der Waals surface area contributed by atoms with E-state index in [4.69, 9.17) is 4.74 Å². The van der Waals surface area contributed by atoms with Crippen LogP contribution in [0.2, 0.25) is 0 Å². The molecule has 3 rings (SSSR count). The van der Waals surface area contributed by atoms with E-state index in [1.165, 1.54) is 18.2 Å². The van der Waals surface area contributed by atoms with Crippen LogP contribution in [-0.2, 0) is 0 Å². The molecule has 2 aromatic rings. The van der Waals surface area contributed by atoms with Gasteiger partial charge < -0.3 is 4.74 Å². The van der Waals surface area contributed by atoms with Gasteiger partial charge in [-0.15, -0.1) is 0 Å². The SMILES string of the molecule is C/C=C/C1CCC(c2ccc(-c3ccc(OCCC)c(F)c3F)c(F)c2)CC1. The lowest BCUT2D eigenvalue weighted by atomic mass is 9.78. The minimum Gasteiger partial charge on any atom is -0.490 e. The van der Waals surface area contributed by atoms with Gasteiger partial charge in [0.05, 0.1) is 6.61 Å². The predicted molar refractivity (Wildman–Crippen MR) is 107 cm³/mol. The van der Waals surface area contributed by atoms with E-state index in [-0.39, 0.29) is 16.9 Å². The highest BCUT2D eigenvalue weighted by Gasteiger charge is 2.23. The van der Waals surface area contributed by atoms with Crippen molar-refractivity contribution in [3.8, 4) is 16.9 Å². The molecular formula is C24H27F3O. The van der Waals surface area contributed by atoms with Crippen LogP contribution in [0, 0.1) is 23.4 Å². The predicted octanol–water partition coefficient (Wildman–Crippen LogP) is 7.41. The first-order valence-electron chi connectivity index (χ1n) is 10.1. The molecule has 150 valence electrons. The van der Waals surface area contributed by atoms with Crippen LogP contribution in [0.5, 0.6) is 5.75 Å². The van der Waals surface area contributed by atoms with Crippen LogP contribution in [0.15, 0.2) is 42.5 Å². The quantitative estimate of drug-likeness (QED) is 0.468. The van der Waals surface area contributed by atoms with Crippen LogP contribution in [0.1, 0.15) is 57.4 Å². The van der Waals surface area contributed by atoms with Gasteiger partial charge in [0, 0.05) is 11.1 Å². The molecule has 2 aromatic carbocycles. The average molecular weight is 388 g/mol. The molecule has 1 nitrogen and oxygen atoms in total. The van der Waals surface area contributed by atoms with Crippen molar-refractivity contribution in [2.75, 3.05) is 6.61 Å². The molecule has 1 fully saturated rings. The van der Waals surface area contributed by atoms with Crippen molar-refractivity contribution in [1.29, 1.82) is 0 Å². The van der Waals surface area contributed by atoms with Gasteiger partial charge in [-0.2, -0.15) is 4.39 Å². The van der Waals surface area contributed by atoms with Gasteiger partial charge in [-0.25, -0.2) is 8.78 Å². The summed E-state index contributed by atoms with van der Waals surface area (Å²) >= 11 is 0. The number of halogens is 3. The zero-order chi connectivity index (χ0) is 20.1. The van der Waals surface area contributed by atoms with Crippen LogP contribution in [-0.4, -0.2) is 6.61 Å². The minimum atomic E-state index is -1.08. The maximum Gasteiger partial charge on any atom is 0.201 e. The second-order valence-electron chi connectivity index (χ2n) is 7.46. The monoisotopic (exact) mass is 388 g/mol. The van der Waals surface area contributed by atoms with Crippen molar-refractivity contribution in [1.82, 2.24) is 0 Å². The van der Waals surface area contributed by atoms with Gasteiger partial charge in [-0.1, -0.05) is 31.2 Å². The fraction of sp³-hybridized carbons (Fsp3) is 0.417. The Bertz CT molecular complexity index is 836. The fourth-order valence-corrected chi connectivity index (χ4v) is 3.98. The first kappa shape index (κ1) is 20.5. The Morgan fingerprint density at radius 2 is 1.68 bits per heavy atom. The molecule has 1 saturated carbocycles. The first-order chi connectivity index (χ1) is 13.5. The summed E-state index contributed by atoms with van der Waals surface area (Å²) in [4.78, 5) is 0. The van der Waals surface area contributed by atoms with Crippen molar-refractivity contribution in [3.05, 3.63) is 65.5 Å². The molecule has 0 unspecified atom stereocenters. The van der Waals surface area contributed by atoms with Gasteiger partial charge in [0.25, 0.3) is 0 Å². The number of ether oxygens (including phenoxy) is 1. The Morgan fingerprint density at radius 1 is 0.964 bits per heavy atom. The lowest BCUT2D eigenvalue weighted by molar-refractivity contribution is 0.295.